The van der Waals surface area contributed by atoms with Crippen LogP contribution < -0.4 is 15.4 Å². The molecule has 2 aromatic rings. The van der Waals surface area contributed by atoms with Crippen molar-refractivity contribution < 1.29 is 9.53 Å². The number of hydrogen-bond acceptors (Lipinski definition) is 3. The largest absolute Gasteiger partial charge is 0.494 e. The molecule has 0 saturated heterocycles. The molecule has 0 spiro atoms. The van der Waals surface area contributed by atoms with E-state index in [0.717, 1.165) is 11.4 Å². The number of carbonyl (C=O) groups excluding carboxylic acids is 1. The van der Waals surface area contributed by atoms with Gasteiger partial charge in [0, 0.05) is 12.1 Å². The van der Waals surface area contributed by atoms with Crippen molar-refractivity contribution in [3.05, 3.63) is 60.2 Å². The van der Waals surface area contributed by atoms with Crippen LogP contribution in [0.4, 0.5) is 5.69 Å². The molecule has 0 unspecified atom stereocenters. The van der Waals surface area contributed by atoms with E-state index in [4.69, 9.17) is 17.0 Å². The summed E-state index contributed by atoms with van der Waals surface area (Å²) in [6.07, 6.45) is 0.984. The molecule has 0 saturated carbocycles. The third-order valence-corrected chi connectivity index (χ3v) is 4.03. The topological polar surface area (TPSA) is 50.4 Å². The van der Waals surface area contributed by atoms with Crippen LogP contribution in [0.5, 0.6) is 5.75 Å². The fourth-order valence-electron chi connectivity index (χ4n) is 2.35. The van der Waals surface area contributed by atoms with Gasteiger partial charge in [-0.2, -0.15) is 0 Å². The number of nitrogens with one attached hydrogen (secondary N) is 2. The highest BCUT2D eigenvalue weighted by Gasteiger charge is 2.13. The van der Waals surface area contributed by atoms with Gasteiger partial charge in [-0.3, -0.25) is 4.79 Å². The van der Waals surface area contributed by atoms with Crippen molar-refractivity contribution in [3.63, 3.8) is 0 Å². The Kier molecular flexibility index (Phi) is 7.16. The van der Waals surface area contributed by atoms with Gasteiger partial charge in [-0.25, -0.2) is 0 Å². The third-order valence-electron chi connectivity index (χ3n) is 3.82. The molecular formula is C21H26N2O2S. The molecule has 0 aliphatic rings. The second kappa shape index (κ2) is 9.34. The average molecular weight is 371 g/mol. The van der Waals surface area contributed by atoms with Gasteiger partial charge in [-0.15, -0.1) is 0 Å². The zero-order valence-corrected chi connectivity index (χ0v) is 16.4. The van der Waals surface area contributed by atoms with Crippen molar-refractivity contribution in [3.8, 4) is 5.75 Å². The minimum atomic E-state index is -0.120. The zero-order chi connectivity index (χ0) is 19.0. The highest BCUT2D eigenvalue weighted by atomic mass is 32.1. The molecule has 0 fully saturated rings. The highest BCUT2D eigenvalue weighted by molar-refractivity contribution is 7.80. The van der Waals surface area contributed by atoms with Crippen LogP contribution >= 0.6 is 12.2 Å². The summed E-state index contributed by atoms with van der Waals surface area (Å²) in [4.78, 5) is 11.9. The Bertz CT molecular complexity index is 722. The van der Waals surface area contributed by atoms with Crippen molar-refractivity contribution in [2.75, 3.05) is 11.9 Å². The smallest absolute Gasteiger partial charge is 0.226 e. The number of thiocarbonyl (C=S) groups is 1. The predicted octanol–water partition coefficient (Wildman–Crippen LogP) is 4.66. The molecule has 4 nitrogen and oxygen atoms in total. The van der Waals surface area contributed by atoms with Crippen molar-refractivity contribution >= 4 is 28.9 Å². The SMILES string of the molecule is CC(C)(C)c1ccc(OCCCC(=O)NC(=S)Nc2ccccc2)cc1. The first-order valence-electron chi connectivity index (χ1n) is 8.74. The van der Waals surface area contributed by atoms with Gasteiger partial charge in [0.2, 0.25) is 5.91 Å². The molecular weight excluding hydrogens is 344 g/mol. The average Bonchev–Trinajstić information content (AvgIpc) is 2.59. The molecule has 2 rings (SSSR count). The number of hydrogen-bond donors (Lipinski definition) is 2. The lowest BCUT2D eigenvalue weighted by Crippen LogP contribution is -2.34. The van der Waals surface area contributed by atoms with E-state index >= 15 is 0 Å². The lowest BCUT2D eigenvalue weighted by Gasteiger charge is -2.19. The summed E-state index contributed by atoms with van der Waals surface area (Å²) in [5.74, 6) is 0.699. The molecule has 0 radical (unpaired) electrons. The van der Waals surface area contributed by atoms with Crippen molar-refractivity contribution in [1.82, 2.24) is 5.32 Å². The number of anilines is 1. The lowest BCUT2D eigenvalue weighted by atomic mass is 9.87. The standard InChI is InChI=1S/C21H26N2O2S/c1-21(2,3)16-11-13-18(14-12-16)25-15-7-10-19(24)23-20(26)22-17-8-5-4-6-9-17/h4-6,8-9,11-14H,7,10,15H2,1-3H3,(H2,22,23,24,26). The molecule has 0 aliphatic heterocycles. The molecule has 0 aliphatic carbocycles. The van der Waals surface area contributed by atoms with Gasteiger partial charge in [0.05, 0.1) is 6.61 Å². The first kappa shape index (κ1) is 19.9. The molecule has 5 heteroatoms. The number of rotatable bonds is 6. The van der Waals surface area contributed by atoms with E-state index in [2.05, 4.69) is 43.5 Å². The van der Waals surface area contributed by atoms with Crippen LogP contribution in [-0.2, 0) is 10.2 Å². The molecule has 0 atom stereocenters. The molecule has 0 bridgehead atoms. The Morgan fingerprint density at radius 3 is 2.31 bits per heavy atom. The maximum absolute atomic E-state index is 11.9. The minimum absolute atomic E-state index is 0.120. The highest BCUT2D eigenvalue weighted by Crippen LogP contribution is 2.24. The van der Waals surface area contributed by atoms with Gasteiger partial charge >= 0.3 is 0 Å². The summed E-state index contributed by atoms with van der Waals surface area (Å²) in [5.41, 5.74) is 2.24. The molecule has 138 valence electrons. The summed E-state index contributed by atoms with van der Waals surface area (Å²) >= 11 is 5.14. The van der Waals surface area contributed by atoms with Gasteiger partial charge in [-0.1, -0.05) is 51.1 Å². The maximum atomic E-state index is 11.9. The van der Waals surface area contributed by atoms with Crippen LogP contribution in [0.2, 0.25) is 0 Å². The summed E-state index contributed by atoms with van der Waals surface area (Å²) in [6, 6.07) is 17.6. The normalized spacial score (nSPS) is 10.9. The van der Waals surface area contributed by atoms with Gasteiger partial charge in [0.15, 0.2) is 5.11 Å². The van der Waals surface area contributed by atoms with Crippen LogP contribution in [-0.4, -0.2) is 17.6 Å². The number of carbonyl (C=O) groups is 1. The predicted molar refractivity (Wildman–Crippen MR) is 111 cm³/mol. The van der Waals surface area contributed by atoms with Crippen molar-refractivity contribution in [2.24, 2.45) is 0 Å². The fourth-order valence-corrected chi connectivity index (χ4v) is 2.58. The Labute approximate surface area is 161 Å². The Morgan fingerprint density at radius 1 is 1.04 bits per heavy atom. The van der Waals surface area contributed by atoms with Gasteiger partial charge in [0.1, 0.15) is 5.75 Å². The van der Waals surface area contributed by atoms with E-state index in [1.54, 1.807) is 0 Å². The fraction of sp³-hybridized carbons (Fsp3) is 0.333. The molecule has 0 heterocycles. The molecule has 2 N–H and O–H groups in total. The minimum Gasteiger partial charge on any atom is -0.494 e. The van der Waals surface area contributed by atoms with Gasteiger partial charge in [0.25, 0.3) is 0 Å². The van der Waals surface area contributed by atoms with Crippen LogP contribution in [0.15, 0.2) is 54.6 Å². The van der Waals surface area contributed by atoms with E-state index in [9.17, 15) is 4.79 Å². The summed E-state index contributed by atoms with van der Waals surface area (Å²) in [6.45, 7) is 7.02. The third kappa shape index (κ3) is 6.84. The molecule has 0 aromatic heterocycles. The van der Waals surface area contributed by atoms with E-state index in [0.29, 0.717) is 24.6 Å². The summed E-state index contributed by atoms with van der Waals surface area (Å²) in [5, 5.41) is 5.96. The number of amides is 1. The van der Waals surface area contributed by atoms with Crippen LogP contribution in [0.25, 0.3) is 0 Å². The molecule has 1 amide bonds. The van der Waals surface area contributed by atoms with Crippen molar-refractivity contribution in [1.29, 1.82) is 0 Å². The zero-order valence-electron chi connectivity index (χ0n) is 15.5. The Morgan fingerprint density at radius 2 is 1.69 bits per heavy atom. The monoisotopic (exact) mass is 370 g/mol. The number of benzene rings is 2. The quantitative estimate of drug-likeness (QED) is 0.574. The Hall–Kier alpha value is -2.40. The van der Waals surface area contributed by atoms with Crippen LogP contribution in [0.3, 0.4) is 0 Å². The summed E-state index contributed by atoms with van der Waals surface area (Å²) < 4.78 is 5.70. The number of ether oxygens (including phenoxy) is 1. The second-order valence-electron chi connectivity index (χ2n) is 7.09. The van der Waals surface area contributed by atoms with Crippen LogP contribution in [0.1, 0.15) is 39.2 Å². The van der Waals surface area contributed by atoms with E-state index in [1.165, 1.54) is 5.56 Å². The van der Waals surface area contributed by atoms with E-state index in [1.807, 2.05) is 42.5 Å². The molecule has 2 aromatic carbocycles. The van der Waals surface area contributed by atoms with Crippen molar-refractivity contribution in [2.45, 2.75) is 39.0 Å². The lowest BCUT2D eigenvalue weighted by molar-refractivity contribution is -0.119. The van der Waals surface area contributed by atoms with E-state index in [-0.39, 0.29) is 11.3 Å². The first-order chi connectivity index (χ1) is 12.3. The summed E-state index contributed by atoms with van der Waals surface area (Å²) in [7, 11) is 0. The second-order valence-corrected chi connectivity index (χ2v) is 7.50. The molecule has 26 heavy (non-hydrogen) atoms. The number of para-hydroxylation sites is 1. The van der Waals surface area contributed by atoms with Crippen LogP contribution in [0, 0.1) is 0 Å². The Balaban J connectivity index is 1.66. The van der Waals surface area contributed by atoms with Gasteiger partial charge < -0.3 is 15.4 Å². The van der Waals surface area contributed by atoms with E-state index < -0.39 is 0 Å². The van der Waals surface area contributed by atoms with Gasteiger partial charge in [-0.05, 0) is 53.9 Å². The first-order valence-corrected chi connectivity index (χ1v) is 9.14. The maximum Gasteiger partial charge on any atom is 0.226 e.